The minimum atomic E-state index is -1.25. The van der Waals surface area contributed by atoms with E-state index in [9.17, 15) is 14.7 Å². The van der Waals surface area contributed by atoms with Crippen molar-refractivity contribution in [2.24, 2.45) is 0 Å². The number of nitrogens with zero attached hydrogens (tertiary/aromatic N) is 3. The van der Waals surface area contributed by atoms with Crippen molar-refractivity contribution < 1.29 is 19.8 Å². The van der Waals surface area contributed by atoms with Gasteiger partial charge in [-0.1, -0.05) is 11.6 Å². The van der Waals surface area contributed by atoms with E-state index in [1.165, 1.54) is 11.2 Å². The summed E-state index contributed by atoms with van der Waals surface area (Å²) in [6.07, 6.45) is 0.578. The van der Waals surface area contributed by atoms with Crippen LogP contribution in [0.4, 0.5) is 4.79 Å². The van der Waals surface area contributed by atoms with Gasteiger partial charge in [0.2, 0.25) is 0 Å². The molecule has 9 heteroatoms. The Morgan fingerprint density at radius 2 is 1.88 bits per heavy atom. The van der Waals surface area contributed by atoms with Gasteiger partial charge in [-0.15, -0.1) is 0 Å². The monoisotopic (exact) mass is 413 g/mol. The van der Waals surface area contributed by atoms with Gasteiger partial charge in [-0.25, -0.2) is 14.8 Å². The lowest BCUT2D eigenvalue weighted by Gasteiger charge is -2.37. The number of piperidine rings is 1. The average Bonchev–Trinajstić information content (AvgIpc) is 2.55. The zero-order valence-electron chi connectivity index (χ0n) is 12.4. The fourth-order valence-corrected chi connectivity index (χ4v) is 3.57. The summed E-state index contributed by atoms with van der Waals surface area (Å²) >= 11 is 9.42. The Bertz CT molecular complexity index is 837. The molecule has 3 rings (SSSR count). The zero-order chi connectivity index (χ0) is 17.5. The van der Waals surface area contributed by atoms with E-state index in [0.717, 1.165) is 0 Å². The molecule has 24 heavy (non-hydrogen) atoms. The number of likely N-dealkylation sites (tertiary alicyclic amines) is 1. The van der Waals surface area contributed by atoms with Crippen LogP contribution >= 0.6 is 27.5 Å². The summed E-state index contributed by atoms with van der Waals surface area (Å²) in [7, 11) is 0. The highest BCUT2D eigenvalue weighted by Gasteiger charge is 2.46. The van der Waals surface area contributed by atoms with Crippen LogP contribution in [-0.4, -0.2) is 50.2 Å². The fraction of sp³-hybridized carbons (Fsp3) is 0.333. The Kier molecular flexibility index (Phi) is 4.35. The second-order valence-corrected chi connectivity index (χ2v) is 6.92. The fourth-order valence-electron chi connectivity index (χ4n) is 3.06. The maximum Gasteiger partial charge on any atom is 0.407 e. The minimum Gasteiger partial charge on any atom is -0.481 e. The standard InChI is InChI=1S/C15H13BrClN3O4/c16-9-5-8-11(6-10(9)17)18-7-19-12(8)15(13(21)22)1-3-20(4-2-15)14(23)24/h5-7H,1-4H2,(H,21,22)(H,23,24). The van der Waals surface area contributed by atoms with Gasteiger partial charge in [0.15, 0.2) is 0 Å². The molecule has 2 N–H and O–H groups in total. The number of amides is 1. The van der Waals surface area contributed by atoms with Gasteiger partial charge >= 0.3 is 12.1 Å². The SMILES string of the molecule is O=C(O)N1CCC(C(=O)O)(c2ncnc3cc(Cl)c(Br)cc23)CC1. The largest absolute Gasteiger partial charge is 0.481 e. The van der Waals surface area contributed by atoms with Crippen molar-refractivity contribution in [3.8, 4) is 0 Å². The van der Waals surface area contributed by atoms with E-state index in [1.807, 2.05) is 0 Å². The molecule has 0 radical (unpaired) electrons. The Morgan fingerprint density at radius 3 is 2.46 bits per heavy atom. The second-order valence-electron chi connectivity index (χ2n) is 5.66. The number of carbonyl (C=O) groups is 2. The summed E-state index contributed by atoms with van der Waals surface area (Å²) in [6, 6.07) is 3.36. The molecular formula is C15H13BrClN3O4. The zero-order valence-corrected chi connectivity index (χ0v) is 14.7. The molecule has 0 bridgehead atoms. The van der Waals surface area contributed by atoms with Crippen molar-refractivity contribution in [1.82, 2.24) is 14.9 Å². The molecule has 1 saturated heterocycles. The van der Waals surface area contributed by atoms with E-state index in [1.54, 1.807) is 12.1 Å². The molecule has 0 aliphatic carbocycles. The third-order valence-electron chi connectivity index (χ3n) is 4.43. The number of carboxylic acid groups (broad SMARTS) is 2. The van der Waals surface area contributed by atoms with Crippen LogP contribution in [0.15, 0.2) is 22.9 Å². The van der Waals surface area contributed by atoms with Crippen molar-refractivity contribution in [3.63, 3.8) is 0 Å². The van der Waals surface area contributed by atoms with Crippen LogP contribution in [-0.2, 0) is 10.2 Å². The van der Waals surface area contributed by atoms with E-state index < -0.39 is 17.5 Å². The predicted octanol–water partition coefficient (Wildman–Crippen LogP) is 3.14. The number of fused-ring (bicyclic) bond motifs is 1. The molecule has 126 valence electrons. The summed E-state index contributed by atoms with van der Waals surface area (Å²) in [6.45, 7) is 0.282. The molecule has 0 saturated carbocycles. The number of hydrogen-bond acceptors (Lipinski definition) is 4. The van der Waals surface area contributed by atoms with Gasteiger partial charge in [-0.2, -0.15) is 0 Å². The molecule has 0 spiro atoms. The third-order valence-corrected chi connectivity index (χ3v) is 5.62. The topological polar surface area (TPSA) is 104 Å². The van der Waals surface area contributed by atoms with Crippen LogP contribution in [0.1, 0.15) is 18.5 Å². The van der Waals surface area contributed by atoms with E-state index in [2.05, 4.69) is 25.9 Å². The Labute approximate surface area is 150 Å². The first-order valence-corrected chi connectivity index (χ1v) is 8.34. The van der Waals surface area contributed by atoms with E-state index >= 15 is 0 Å². The lowest BCUT2D eigenvalue weighted by molar-refractivity contribution is -0.146. The highest BCUT2D eigenvalue weighted by Crippen LogP contribution is 2.39. The number of aliphatic carboxylic acids is 1. The molecule has 1 aromatic carbocycles. The van der Waals surface area contributed by atoms with Gasteiger partial charge in [0.25, 0.3) is 0 Å². The molecular weight excluding hydrogens is 402 g/mol. The first-order chi connectivity index (χ1) is 11.3. The summed E-state index contributed by atoms with van der Waals surface area (Å²) < 4.78 is 0.622. The molecule has 1 aromatic heterocycles. The van der Waals surface area contributed by atoms with Crippen LogP contribution in [0.3, 0.4) is 0 Å². The average molecular weight is 415 g/mol. The van der Waals surface area contributed by atoms with Gasteiger partial charge in [-0.05, 0) is 40.9 Å². The van der Waals surface area contributed by atoms with Crippen LogP contribution in [0.25, 0.3) is 10.9 Å². The number of hydrogen-bond donors (Lipinski definition) is 2. The molecule has 1 aliphatic rings. The minimum absolute atomic E-state index is 0.141. The number of carboxylic acids is 1. The first-order valence-electron chi connectivity index (χ1n) is 7.16. The Morgan fingerprint density at radius 1 is 1.21 bits per heavy atom. The normalized spacial score (nSPS) is 17.0. The van der Waals surface area contributed by atoms with E-state index in [0.29, 0.717) is 26.1 Å². The Balaban J connectivity index is 2.14. The quantitative estimate of drug-likeness (QED) is 0.782. The number of benzene rings is 1. The van der Waals surface area contributed by atoms with Crippen molar-refractivity contribution >= 4 is 50.5 Å². The highest BCUT2D eigenvalue weighted by atomic mass is 79.9. The van der Waals surface area contributed by atoms with Crippen LogP contribution in [0, 0.1) is 0 Å². The molecule has 1 fully saturated rings. The van der Waals surface area contributed by atoms with Crippen molar-refractivity contribution in [3.05, 3.63) is 33.6 Å². The molecule has 1 amide bonds. The lowest BCUT2D eigenvalue weighted by Crippen LogP contribution is -2.49. The highest BCUT2D eigenvalue weighted by molar-refractivity contribution is 9.10. The van der Waals surface area contributed by atoms with Gasteiger partial charge < -0.3 is 15.1 Å². The van der Waals surface area contributed by atoms with Gasteiger partial charge in [0, 0.05) is 22.9 Å². The van der Waals surface area contributed by atoms with E-state index in [-0.39, 0.29) is 25.9 Å². The molecule has 0 unspecified atom stereocenters. The van der Waals surface area contributed by atoms with Crippen LogP contribution in [0.5, 0.6) is 0 Å². The molecule has 7 nitrogen and oxygen atoms in total. The maximum absolute atomic E-state index is 12.1. The van der Waals surface area contributed by atoms with Gasteiger partial charge in [0.1, 0.15) is 11.7 Å². The summed E-state index contributed by atoms with van der Waals surface area (Å²) in [5, 5.41) is 20.0. The molecule has 2 heterocycles. The number of aromatic nitrogens is 2. The molecule has 0 atom stereocenters. The van der Waals surface area contributed by atoms with Gasteiger partial charge in [0.05, 0.1) is 16.2 Å². The summed E-state index contributed by atoms with van der Waals surface area (Å²) in [5.74, 6) is -1.02. The second kappa shape index (κ2) is 6.18. The van der Waals surface area contributed by atoms with Crippen LogP contribution < -0.4 is 0 Å². The number of rotatable bonds is 2. The summed E-state index contributed by atoms with van der Waals surface area (Å²) in [5.41, 5.74) is -0.308. The van der Waals surface area contributed by atoms with Crippen LogP contribution in [0.2, 0.25) is 5.02 Å². The Hall–Kier alpha value is -1.93. The maximum atomic E-state index is 12.1. The van der Waals surface area contributed by atoms with Crippen molar-refractivity contribution in [1.29, 1.82) is 0 Å². The lowest BCUT2D eigenvalue weighted by atomic mass is 9.74. The molecule has 2 aromatic rings. The van der Waals surface area contributed by atoms with Crippen molar-refractivity contribution in [2.75, 3.05) is 13.1 Å². The van der Waals surface area contributed by atoms with Crippen molar-refractivity contribution in [2.45, 2.75) is 18.3 Å². The smallest absolute Gasteiger partial charge is 0.407 e. The predicted molar refractivity (Wildman–Crippen MR) is 90.4 cm³/mol. The van der Waals surface area contributed by atoms with E-state index in [4.69, 9.17) is 16.7 Å². The first kappa shape index (κ1) is 16.9. The summed E-state index contributed by atoms with van der Waals surface area (Å²) in [4.78, 5) is 32.8. The van der Waals surface area contributed by atoms with Gasteiger partial charge in [-0.3, -0.25) is 4.79 Å². The molecule has 1 aliphatic heterocycles. The third kappa shape index (κ3) is 2.69. The number of halogens is 2.